The van der Waals surface area contributed by atoms with E-state index in [1.165, 1.54) is 25.7 Å². The topological polar surface area (TPSA) is 49.8 Å². The fraction of sp³-hybridized carbons (Fsp3) is 0.765. The Labute approximate surface area is 129 Å². The van der Waals surface area contributed by atoms with Crippen LogP contribution in [0.3, 0.4) is 0 Å². The SMILES string of the molecule is CCCNc1cc(NCC2(CCC)CC2)nc(CCC)n1. The molecule has 4 heteroatoms. The van der Waals surface area contributed by atoms with Crippen molar-refractivity contribution in [2.45, 2.75) is 65.7 Å². The molecule has 1 aliphatic rings. The number of hydrogen-bond donors (Lipinski definition) is 2. The molecular formula is C17H30N4. The number of nitrogens with zero attached hydrogens (tertiary/aromatic N) is 2. The van der Waals surface area contributed by atoms with Crippen LogP contribution in [0.25, 0.3) is 0 Å². The number of rotatable bonds is 10. The van der Waals surface area contributed by atoms with E-state index in [-0.39, 0.29) is 0 Å². The molecule has 1 heterocycles. The van der Waals surface area contributed by atoms with E-state index in [4.69, 9.17) is 0 Å². The standard InChI is InChI=1S/C17H30N4/c1-4-7-14-20-15(18-11-6-3)12-16(21-14)19-13-17(8-5-2)9-10-17/h12H,4-11,13H2,1-3H3,(H2,18,19,20,21). The Morgan fingerprint density at radius 2 is 1.71 bits per heavy atom. The van der Waals surface area contributed by atoms with Crippen LogP contribution in [0.5, 0.6) is 0 Å². The van der Waals surface area contributed by atoms with Gasteiger partial charge in [-0.15, -0.1) is 0 Å². The first-order valence-electron chi connectivity index (χ1n) is 8.57. The van der Waals surface area contributed by atoms with Crippen LogP contribution in [-0.4, -0.2) is 23.1 Å². The van der Waals surface area contributed by atoms with E-state index in [0.717, 1.165) is 49.8 Å². The van der Waals surface area contributed by atoms with Gasteiger partial charge in [0, 0.05) is 25.6 Å². The van der Waals surface area contributed by atoms with Crippen LogP contribution in [0.4, 0.5) is 11.6 Å². The Bertz CT molecular complexity index is 440. The number of hydrogen-bond acceptors (Lipinski definition) is 4. The molecular weight excluding hydrogens is 260 g/mol. The van der Waals surface area contributed by atoms with Crippen LogP contribution >= 0.6 is 0 Å². The summed E-state index contributed by atoms with van der Waals surface area (Å²) in [6.07, 6.45) is 8.45. The molecule has 4 nitrogen and oxygen atoms in total. The molecule has 2 N–H and O–H groups in total. The fourth-order valence-corrected chi connectivity index (χ4v) is 2.77. The number of nitrogens with one attached hydrogen (secondary N) is 2. The van der Waals surface area contributed by atoms with Gasteiger partial charge in [-0.25, -0.2) is 9.97 Å². The molecule has 0 radical (unpaired) electrons. The molecule has 1 aromatic rings. The van der Waals surface area contributed by atoms with Crippen LogP contribution < -0.4 is 10.6 Å². The first kappa shape index (κ1) is 16.1. The van der Waals surface area contributed by atoms with Gasteiger partial charge < -0.3 is 10.6 Å². The maximum atomic E-state index is 4.66. The van der Waals surface area contributed by atoms with E-state index in [0.29, 0.717) is 5.41 Å². The van der Waals surface area contributed by atoms with Crippen molar-refractivity contribution in [3.05, 3.63) is 11.9 Å². The molecule has 0 aromatic carbocycles. The molecule has 0 amide bonds. The van der Waals surface area contributed by atoms with Crippen LogP contribution in [0.2, 0.25) is 0 Å². The Kier molecular flexibility index (Phi) is 5.83. The summed E-state index contributed by atoms with van der Waals surface area (Å²) in [5.41, 5.74) is 0.543. The largest absolute Gasteiger partial charge is 0.370 e. The molecule has 1 aromatic heterocycles. The summed E-state index contributed by atoms with van der Waals surface area (Å²) in [7, 11) is 0. The van der Waals surface area contributed by atoms with Crippen LogP contribution in [0.15, 0.2) is 6.07 Å². The molecule has 0 spiro atoms. The second-order valence-electron chi connectivity index (χ2n) is 6.33. The molecule has 0 bridgehead atoms. The number of aromatic nitrogens is 2. The summed E-state index contributed by atoms with van der Waals surface area (Å²) in [6.45, 7) is 8.63. The lowest BCUT2D eigenvalue weighted by atomic mass is 10.0. The van der Waals surface area contributed by atoms with Gasteiger partial charge in [-0.2, -0.15) is 0 Å². The highest BCUT2D eigenvalue weighted by atomic mass is 15.1. The van der Waals surface area contributed by atoms with Crippen molar-refractivity contribution < 1.29 is 0 Å². The van der Waals surface area contributed by atoms with Gasteiger partial charge >= 0.3 is 0 Å². The Hall–Kier alpha value is -1.32. The van der Waals surface area contributed by atoms with E-state index in [9.17, 15) is 0 Å². The third kappa shape index (κ3) is 4.87. The Balaban J connectivity index is 2.01. The van der Waals surface area contributed by atoms with E-state index < -0.39 is 0 Å². The third-order valence-corrected chi connectivity index (χ3v) is 4.18. The zero-order valence-electron chi connectivity index (χ0n) is 13.8. The van der Waals surface area contributed by atoms with Crippen molar-refractivity contribution in [2.24, 2.45) is 5.41 Å². The molecule has 1 saturated carbocycles. The quantitative estimate of drug-likeness (QED) is 0.676. The zero-order chi connectivity index (χ0) is 15.1. The average Bonchev–Trinajstić information content (AvgIpc) is 3.24. The van der Waals surface area contributed by atoms with Crippen molar-refractivity contribution in [2.75, 3.05) is 23.7 Å². The minimum atomic E-state index is 0.543. The minimum absolute atomic E-state index is 0.543. The van der Waals surface area contributed by atoms with E-state index in [1.807, 2.05) is 0 Å². The smallest absolute Gasteiger partial charge is 0.133 e. The summed E-state index contributed by atoms with van der Waals surface area (Å²) in [5.74, 6) is 2.88. The second-order valence-corrected chi connectivity index (χ2v) is 6.33. The molecule has 21 heavy (non-hydrogen) atoms. The number of aryl methyl sites for hydroxylation is 1. The van der Waals surface area contributed by atoms with Gasteiger partial charge in [0.2, 0.25) is 0 Å². The van der Waals surface area contributed by atoms with Crippen LogP contribution in [0.1, 0.15) is 65.1 Å². The molecule has 1 aliphatic carbocycles. The van der Waals surface area contributed by atoms with Gasteiger partial charge in [-0.3, -0.25) is 0 Å². The van der Waals surface area contributed by atoms with Gasteiger partial charge in [-0.1, -0.05) is 27.2 Å². The lowest BCUT2D eigenvalue weighted by Crippen LogP contribution is -2.17. The van der Waals surface area contributed by atoms with E-state index in [2.05, 4.69) is 47.4 Å². The van der Waals surface area contributed by atoms with Crippen LogP contribution in [-0.2, 0) is 6.42 Å². The Morgan fingerprint density at radius 1 is 1.00 bits per heavy atom. The van der Waals surface area contributed by atoms with Crippen LogP contribution in [0, 0.1) is 5.41 Å². The summed E-state index contributed by atoms with van der Waals surface area (Å²) in [5, 5.41) is 6.94. The minimum Gasteiger partial charge on any atom is -0.370 e. The van der Waals surface area contributed by atoms with Gasteiger partial charge in [0.25, 0.3) is 0 Å². The van der Waals surface area contributed by atoms with Gasteiger partial charge in [0.15, 0.2) is 0 Å². The van der Waals surface area contributed by atoms with Crippen molar-refractivity contribution in [3.8, 4) is 0 Å². The predicted molar refractivity (Wildman–Crippen MR) is 89.9 cm³/mol. The maximum Gasteiger partial charge on any atom is 0.133 e. The summed E-state index contributed by atoms with van der Waals surface area (Å²) in [4.78, 5) is 9.25. The lowest BCUT2D eigenvalue weighted by Gasteiger charge is -2.16. The summed E-state index contributed by atoms with van der Waals surface area (Å²) < 4.78 is 0. The first-order valence-corrected chi connectivity index (χ1v) is 8.57. The average molecular weight is 290 g/mol. The monoisotopic (exact) mass is 290 g/mol. The van der Waals surface area contributed by atoms with E-state index in [1.54, 1.807) is 0 Å². The molecule has 0 unspecified atom stereocenters. The zero-order valence-corrected chi connectivity index (χ0v) is 13.8. The highest BCUT2D eigenvalue weighted by molar-refractivity contribution is 5.47. The molecule has 0 saturated heterocycles. The molecule has 0 atom stereocenters. The Morgan fingerprint density at radius 3 is 2.29 bits per heavy atom. The first-order chi connectivity index (χ1) is 10.2. The van der Waals surface area contributed by atoms with Gasteiger partial charge in [0.1, 0.15) is 17.5 Å². The highest BCUT2D eigenvalue weighted by Crippen LogP contribution is 2.49. The van der Waals surface area contributed by atoms with Gasteiger partial charge in [0.05, 0.1) is 0 Å². The maximum absolute atomic E-state index is 4.66. The lowest BCUT2D eigenvalue weighted by molar-refractivity contribution is 0.485. The van der Waals surface area contributed by atoms with Crippen molar-refractivity contribution >= 4 is 11.6 Å². The second kappa shape index (κ2) is 7.62. The summed E-state index contributed by atoms with van der Waals surface area (Å²) in [6, 6.07) is 2.05. The van der Waals surface area contributed by atoms with Gasteiger partial charge in [-0.05, 0) is 37.5 Å². The normalized spacial score (nSPS) is 15.8. The predicted octanol–water partition coefficient (Wildman–Crippen LogP) is 4.24. The van der Waals surface area contributed by atoms with Crippen molar-refractivity contribution in [1.29, 1.82) is 0 Å². The third-order valence-electron chi connectivity index (χ3n) is 4.18. The highest BCUT2D eigenvalue weighted by Gasteiger charge is 2.41. The van der Waals surface area contributed by atoms with E-state index >= 15 is 0 Å². The van der Waals surface area contributed by atoms with Crippen molar-refractivity contribution in [1.82, 2.24) is 9.97 Å². The van der Waals surface area contributed by atoms with Crippen molar-refractivity contribution in [3.63, 3.8) is 0 Å². The molecule has 0 aliphatic heterocycles. The fourth-order valence-electron chi connectivity index (χ4n) is 2.77. The molecule has 1 fully saturated rings. The number of anilines is 2. The summed E-state index contributed by atoms with van der Waals surface area (Å²) >= 11 is 0. The molecule has 2 rings (SSSR count). The molecule has 118 valence electrons.